The van der Waals surface area contributed by atoms with E-state index in [4.69, 9.17) is 0 Å². The van der Waals surface area contributed by atoms with Gasteiger partial charge in [0.1, 0.15) is 12.1 Å². The molecule has 1 aliphatic rings. The SMILES string of the molecule is c1ccc(N2CCN(c3ncnc4ccc(-c5cn[nH]c5)cc34)CC2)cc1. The second-order valence-electron chi connectivity index (χ2n) is 6.73. The van der Waals surface area contributed by atoms with Gasteiger partial charge in [-0.05, 0) is 29.8 Å². The molecule has 1 saturated heterocycles. The van der Waals surface area contributed by atoms with E-state index < -0.39 is 0 Å². The lowest BCUT2D eigenvalue weighted by Crippen LogP contribution is -2.46. The summed E-state index contributed by atoms with van der Waals surface area (Å²) < 4.78 is 0. The molecule has 3 heterocycles. The fraction of sp³-hybridized carbons (Fsp3) is 0.190. The van der Waals surface area contributed by atoms with Crippen LogP contribution in [-0.2, 0) is 0 Å². The number of aromatic nitrogens is 4. The zero-order valence-electron chi connectivity index (χ0n) is 14.9. The molecule has 134 valence electrons. The number of fused-ring (bicyclic) bond motifs is 1. The lowest BCUT2D eigenvalue weighted by Gasteiger charge is -2.37. The van der Waals surface area contributed by atoms with Gasteiger partial charge in [0, 0.05) is 49.0 Å². The van der Waals surface area contributed by atoms with Crippen LogP contribution in [0.5, 0.6) is 0 Å². The van der Waals surface area contributed by atoms with Gasteiger partial charge in [-0.15, -0.1) is 0 Å². The molecule has 27 heavy (non-hydrogen) atoms. The van der Waals surface area contributed by atoms with Crippen molar-refractivity contribution in [3.63, 3.8) is 0 Å². The molecule has 5 rings (SSSR count). The summed E-state index contributed by atoms with van der Waals surface area (Å²) in [5, 5.41) is 8.02. The van der Waals surface area contributed by atoms with Crippen molar-refractivity contribution in [3.8, 4) is 11.1 Å². The Bertz CT molecular complexity index is 1040. The van der Waals surface area contributed by atoms with Gasteiger partial charge >= 0.3 is 0 Å². The van der Waals surface area contributed by atoms with Crippen molar-refractivity contribution in [2.45, 2.75) is 0 Å². The molecule has 0 aliphatic carbocycles. The minimum absolute atomic E-state index is 0.941. The highest BCUT2D eigenvalue weighted by atomic mass is 15.3. The summed E-state index contributed by atoms with van der Waals surface area (Å²) in [6.45, 7) is 3.85. The molecule has 4 aromatic rings. The average Bonchev–Trinajstić information content (AvgIpc) is 3.29. The van der Waals surface area contributed by atoms with Crippen molar-refractivity contribution in [3.05, 3.63) is 67.3 Å². The van der Waals surface area contributed by atoms with Gasteiger partial charge in [0.05, 0.1) is 11.7 Å². The molecule has 0 unspecified atom stereocenters. The fourth-order valence-electron chi connectivity index (χ4n) is 3.70. The zero-order valence-corrected chi connectivity index (χ0v) is 14.9. The highest BCUT2D eigenvalue weighted by molar-refractivity contribution is 5.92. The molecule has 1 fully saturated rings. The first-order valence-electron chi connectivity index (χ1n) is 9.17. The average molecular weight is 356 g/mol. The molecule has 0 amide bonds. The number of nitrogens with zero attached hydrogens (tertiary/aromatic N) is 5. The summed E-state index contributed by atoms with van der Waals surface area (Å²) in [5.74, 6) is 1.01. The van der Waals surface area contributed by atoms with Crippen LogP contribution in [0.15, 0.2) is 67.3 Å². The number of aromatic amines is 1. The Balaban J connectivity index is 1.44. The standard InChI is InChI=1S/C21H20N6/c1-2-4-18(5-3-1)26-8-10-27(11-9-26)21-19-12-16(17-13-24-25-14-17)6-7-20(19)22-15-23-21/h1-7,12-15H,8-11H2,(H,24,25). The number of anilines is 2. The van der Waals surface area contributed by atoms with Crippen molar-refractivity contribution in [1.82, 2.24) is 20.2 Å². The van der Waals surface area contributed by atoms with E-state index in [0.717, 1.165) is 54.0 Å². The van der Waals surface area contributed by atoms with Gasteiger partial charge in [-0.1, -0.05) is 24.3 Å². The molecule has 2 aromatic heterocycles. The summed E-state index contributed by atoms with van der Waals surface area (Å²) in [6, 6.07) is 16.9. The van der Waals surface area contributed by atoms with Crippen LogP contribution in [0, 0.1) is 0 Å². The van der Waals surface area contributed by atoms with Crippen LogP contribution in [-0.4, -0.2) is 46.3 Å². The van der Waals surface area contributed by atoms with E-state index in [1.807, 2.05) is 12.4 Å². The van der Waals surface area contributed by atoms with Crippen molar-refractivity contribution in [1.29, 1.82) is 0 Å². The van der Waals surface area contributed by atoms with Crippen LogP contribution < -0.4 is 9.80 Å². The van der Waals surface area contributed by atoms with Crippen LogP contribution in [0.1, 0.15) is 0 Å². The first kappa shape index (κ1) is 15.8. The van der Waals surface area contributed by atoms with Gasteiger partial charge < -0.3 is 9.80 Å². The third-order valence-electron chi connectivity index (χ3n) is 5.15. The number of hydrogen-bond acceptors (Lipinski definition) is 5. The molecule has 6 heteroatoms. The van der Waals surface area contributed by atoms with E-state index in [9.17, 15) is 0 Å². The summed E-state index contributed by atoms with van der Waals surface area (Å²) >= 11 is 0. The predicted octanol–water partition coefficient (Wildman–Crippen LogP) is 3.35. The molecule has 6 nitrogen and oxygen atoms in total. The Morgan fingerprint density at radius 2 is 1.63 bits per heavy atom. The van der Waals surface area contributed by atoms with Crippen molar-refractivity contribution < 1.29 is 0 Å². The van der Waals surface area contributed by atoms with E-state index in [1.165, 1.54) is 5.69 Å². The summed E-state index contributed by atoms with van der Waals surface area (Å²) in [7, 11) is 0. The minimum atomic E-state index is 0.941. The van der Waals surface area contributed by atoms with Gasteiger partial charge in [-0.3, -0.25) is 5.10 Å². The zero-order chi connectivity index (χ0) is 18.1. The van der Waals surface area contributed by atoms with Crippen LogP contribution in [0.25, 0.3) is 22.0 Å². The number of para-hydroxylation sites is 1. The second-order valence-corrected chi connectivity index (χ2v) is 6.73. The van der Waals surface area contributed by atoms with Gasteiger partial charge in [0.25, 0.3) is 0 Å². The van der Waals surface area contributed by atoms with E-state index in [2.05, 4.69) is 78.5 Å². The summed E-state index contributed by atoms with van der Waals surface area (Å²) in [5.41, 5.74) is 4.44. The van der Waals surface area contributed by atoms with Crippen LogP contribution in [0.2, 0.25) is 0 Å². The van der Waals surface area contributed by atoms with Crippen molar-refractivity contribution in [2.24, 2.45) is 0 Å². The topological polar surface area (TPSA) is 60.9 Å². The van der Waals surface area contributed by atoms with Gasteiger partial charge in [-0.25, -0.2) is 9.97 Å². The van der Waals surface area contributed by atoms with Gasteiger partial charge in [0.15, 0.2) is 0 Å². The molecule has 1 aliphatic heterocycles. The summed E-state index contributed by atoms with van der Waals surface area (Å²) in [4.78, 5) is 13.9. The van der Waals surface area contributed by atoms with E-state index in [0.29, 0.717) is 0 Å². The molecule has 2 aromatic carbocycles. The maximum atomic E-state index is 4.62. The highest BCUT2D eigenvalue weighted by Crippen LogP contribution is 2.29. The Morgan fingerprint density at radius 3 is 2.41 bits per heavy atom. The smallest absolute Gasteiger partial charge is 0.140 e. The largest absolute Gasteiger partial charge is 0.368 e. The third kappa shape index (κ3) is 2.99. The number of nitrogens with one attached hydrogen (secondary N) is 1. The van der Waals surface area contributed by atoms with Gasteiger partial charge in [-0.2, -0.15) is 5.10 Å². The molecular weight excluding hydrogens is 336 g/mol. The molecule has 0 saturated carbocycles. The highest BCUT2D eigenvalue weighted by Gasteiger charge is 2.20. The lowest BCUT2D eigenvalue weighted by atomic mass is 10.1. The Labute approximate surface area is 157 Å². The van der Waals surface area contributed by atoms with Crippen molar-refractivity contribution >= 4 is 22.4 Å². The number of rotatable bonds is 3. The predicted molar refractivity (Wildman–Crippen MR) is 108 cm³/mol. The quantitative estimate of drug-likeness (QED) is 0.610. The van der Waals surface area contributed by atoms with Crippen LogP contribution in [0.4, 0.5) is 11.5 Å². The molecule has 0 bridgehead atoms. The number of benzene rings is 2. The molecular formula is C21H20N6. The fourth-order valence-corrected chi connectivity index (χ4v) is 3.70. The molecule has 0 spiro atoms. The third-order valence-corrected chi connectivity index (χ3v) is 5.15. The summed E-state index contributed by atoms with van der Waals surface area (Å²) in [6.07, 6.45) is 5.41. The lowest BCUT2D eigenvalue weighted by molar-refractivity contribution is 0.649. The molecule has 0 radical (unpaired) electrons. The molecule has 0 atom stereocenters. The number of hydrogen-bond donors (Lipinski definition) is 1. The van der Waals surface area contributed by atoms with E-state index in [1.54, 1.807) is 6.33 Å². The number of H-pyrrole nitrogens is 1. The first-order chi connectivity index (χ1) is 13.4. The maximum absolute atomic E-state index is 4.62. The first-order valence-corrected chi connectivity index (χ1v) is 9.17. The number of piperazine rings is 1. The Morgan fingerprint density at radius 1 is 0.815 bits per heavy atom. The van der Waals surface area contributed by atoms with Gasteiger partial charge in [0.2, 0.25) is 0 Å². The minimum Gasteiger partial charge on any atom is -0.368 e. The Kier molecular flexibility index (Phi) is 3.93. The second kappa shape index (κ2) is 6.72. The monoisotopic (exact) mass is 356 g/mol. The maximum Gasteiger partial charge on any atom is 0.140 e. The van der Waals surface area contributed by atoms with E-state index in [-0.39, 0.29) is 0 Å². The molecule has 1 N–H and O–H groups in total. The van der Waals surface area contributed by atoms with Crippen LogP contribution in [0.3, 0.4) is 0 Å². The normalized spacial score (nSPS) is 14.7. The van der Waals surface area contributed by atoms with E-state index >= 15 is 0 Å². The van der Waals surface area contributed by atoms with Crippen LogP contribution >= 0.6 is 0 Å². The Hall–Kier alpha value is -3.41. The van der Waals surface area contributed by atoms with Crippen molar-refractivity contribution in [2.75, 3.05) is 36.0 Å².